The van der Waals surface area contributed by atoms with Gasteiger partial charge in [0.25, 0.3) is 5.91 Å². The Labute approximate surface area is 129 Å². The SMILES string of the molecule is Cc1cccc(O[C@@H](C)C(=O)Nc2ccc(C)cc2Cl)c1. The third-order valence-corrected chi connectivity index (χ3v) is 3.37. The molecular formula is C17H18ClNO2. The van der Waals surface area contributed by atoms with Crippen molar-refractivity contribution < 1.29 is 9.53 Å². The van der Waals surface area contributed by atoms with Crippen molar-refractivity contribution in [3.8, 4) is 5.75 Å². The first-order valence-electron chi connectivity index (χ1n) is 6.76. The monoisotopic (exact) mass is 303 g/mol. The molecule has 2 rings (SSSR count). The molecule has 21 heavy (non-hydrogen) atoms. The van der Waals surface area contributed by atoms with Crippen molar-refractivity contribution in [3.05, 3.63) is 58.6 Å². The Morgan fingerprint density at radius 2 is 1.86 bits per heavy atom. The van der Waals surface area contributed by atoms with Gasteiger partial charge in [0, 0.05) is 0 Å². The zero-order chi connectivity index (χ0) is 15.4. The van der Waals surface area contributed by atoms with E-state index in [1.165, 1.54) is 0 Å². The van der Waals surface area contributed by atoms with Crippen LogP contribution in [0.15, 0.2) is 42.5 Å². The Bertz CT molecular complexity index is 655. The van der Waals surface area contributed by atoms with Gasteiger partial charge >= 0.3 is 0 Å². The molecule has 0 bridgehead atoms. The highest BCUT2D eigenvalue weighted by Crippen LogP contribution is 2.23. The van der Waals surface area contributed by atoms with Crippen LogP contribution in [0.2, 0.25) is 5.02 Å². The fourth-order valence-corrected chi connectivity index (χ4v) is 2.18. The topological polar surface area (TPSA) is 38.3 Å². The first kappa shape index (κ1) is 15.4. The molecule has 3 nitrogen and oxygen atoms in total. The van der Waals surface area contributed by atoms with E-state index >= 15 is 0 Å². The summed E-state index contributed by atoms with van der Waals surface area (Å²) in [5.74, 6) is 0.440. The Hall–Kier alpha value is -2.00. The zero-order valence-corrected chi connectivity index (χ0v) is 13.1. The molecule has 0 aliphatic rings. The summed E-state index contributed by atoms with van der Waals surface area (Å²) in [6, 6.07) is 13.1. The van der Waals surface area contributed by atoms with E-state index in [1.807, 2.05) is 50.2 Å². The Kier molecular flexibility index (Phi) is 4.86. The summed E-state index contributed by atoms with van der Waals surface area (Å²) >= 11 is 6.10. The van der Waals surface area contributed by atoms with Gasteiger partial charge in [0.2, 0.25) is 0 Å². The molecule has 1 atom stereocenters. The number of rotatable bonds is 4. The molecule has 2 aromatic rings. The third-order valence-electron chi connectivity index (χ3n) is 3.05. The minimum absolute atomic E-state index is 0.234. The van der Waals surface area contributed by atoms with Gasteiger partial charge in [-0.3, -0.25) is 4.79 Å². The van der Waals surface area contributed by atoms with Crippen LogP contribution >= 0.6 is 11.6 Å². The maximum Gasteiger partial charge on any atom is 0.265 e. The lowest BCUT2D eigenvalue weighted by atomic mass is 10.2. The van der Waals surface area contributed by atoms with Crippen LogP contribution in [0.3, 0.4) is 0 Å². The van der Waals surface area contributed by atoms with E-state index in [2.05, 4.69) is 5.32 Å². The number of halogens is 1. The highest BCUT2D eigenvalue weighted by Gasteiger charge is 2.16. The van der Waals surface area contributed by atoms with Crippen molar-refractivity contribution >= 4 is 23.2 Å². The van der Waals surface area contributed by atoms with E-state index < -0.39 is 6.10 Å². The number of carbonyl (C=O) groups excluding carboxylic acids is 1. The van der Waals surface area contributed by atoms with Crippen LogP contribution in [0.5, 0.6) is 5.75 Å². The molecule has 0 radical (unpaired) electrons. The molecule has 0 saturated carbocycles. The van der Waals surface area contributed by atoms with Crippen molar-refractivity contribution in [2.24, 2.45) is 0 Å². The molecule has 0 spiro atoms. The van der Waals surface area contributed by atoms with Crippen LogP contribution in [0.25, 0.3) is 0 Å². The lowest BCUT2D eigenvalue weighted by Crippen LogP contribution is -2.30. The second kappa shape index (κ2) is 6.64. The number of benzene rings is 2. The predicted molar refractivity (Wildman–Crippen MR) is 86.1 cm³/mol. The first-order valence-corrected chi connectivity index (χ1v) is 7.14. The predicted octanol–water partition coefficient (Wildman–Crippen LogP) is 4.36. The molecule has 2 aromatic carbocycles. The highest BCUT2D eigenvalue weighted by atomic mass is 35.5. The number of ether oxygens (including phenoxy) is 1. The van der Waals surface area contributed by atoms with E-state index in [-0.39, 0.29) is 5.91 Å². The number of carbonyl (C=O) groups is 1. The number of hydrogen-bond acceptors (Lipinski definition) is 2. The maximum absolute atomic E-state index is 12.1. The molecule has 0 aromatic heterocycles. The van der Waals surface area contributed by atoms with Crippen LogP contribution in [0.4, 0.5) is 5.69 Å². The van der Waals surface area contributed by atoms with E-state index in [9.17, 15) is 4.79 Å². The third kappa shape index (κ3) is 4.23. The first-order chi connectivity index (χ1) is 9.95. The lowest BCUT2D eigenvalue weighted by molar-refractivity contribution is -0.122. The van der Waals surface area contributed by atoms with Gasteiger partial charge in [0.15, 0.2) is 6.10 Å². The standard InChI is InChI=1S/C17H18ClNO2/c1-11-5-4-6-14(9-11)21-13(3)17(20)19-16-8-7-12(2)10-15(16)18/h4-10,13H,1-3H3,(H,19,20)/t13-/m0/s1. The number of anilines is 1. The van der Waals surface area contributed by atoms with Gasteiger partial charge in [0.05, 0.1) is 10.7 Å². The molecule has 1 N–H and O–H groups in total. The number of amides is 1. The molecule has 1 amide bonds. The molecule has 0 unspecified atom stereocenters. The fourth-order valence-electron chi connectivity index (χ4n) is 1.90. The van der Waals surface area contributed by atoms with Crippen molar-refractivity contribution in [2.45, 2.75) is 26.9 Å². The number of nitrogens with one attached hydrogen (secondary N) is 1. The van der Waals surface area contributed by atoms with Gasteiger partial charge < -0.3 is 10.1 Å². The molecule has 0 heterocycles. The van der Waals surface area contributed by atoms with Crippen molar-refractivity contribution in [1.82, 2.24) is 0 Å². The zero-order valence-electron chi connectivity index (χ0n) is 12.3. The quantitative estimate of drug-likeness (QED) is 0.911. The summed E-state index contributed by atoms with van der Waals surface area (Å²) < 4.78 is 5.64. The van der Waals surface area contributed by atoms with Crippen LogP contribution in [-0.4, -0.2) is 12.0 Å². The van der Waals surface area contributed by atoms with Crippen LogP contribution in [-0.2, 0) is 4.79 Å². The van der Waals surface area contributed by atoms with Gasteiger partial charge in [-0.05, 0) is 56.2 Å². The van der Waals surface area contributed by atoms with Crippen LogP contribution < -0.4 is 10.1 Å². The molecule has 110 valence electrons. The smallest absolute Gasteiger partial charge is 0.265 e. The summed E-state index contributed by atoms with van der Waals surface area (Å²) in [5, 5.41) is 3.30. The average Bonchev–Trinajstić information content (AvgIpc) is 2.41. The Morgan fingerprint density at radius 1 is 1.14 bits per heavy atom. The Balaban J connectivity index is 2.02. The summed E-state index contributed by atoms with van der Waals surface area (Å²) in [7, 11) is 0. The largest absolute Gasteiger partial charge is 0.481 e. The number of hydrogen-bond donors (Lipinski definition) is 1. The van der Waals surface area contributed by atoms with Gasteiger partial charge in [-0.1, -0.05) is 29.8 Å². The second-order valence-corrected chi connectivity index (χ2v) is 5.46. The highest BCUT2D eigenvalue weighted by molar-refractivity contribution is 6.33. The molecule has 4 heteroatoms. The maximum atomic E-state index is 12.1. The summed E-state index contributed by atoms with van der Waals surface area (Å²) in [6.07, 6.45) is -0.607. The van der Waals surface area contributed by atoms with E-state index in [1.54, 1.807) is 13.0 Å². The molecule has 0 saturated heterocycles. The minimum atomic E-state index is -0.607. The van der Waals surface area contributed by atoms with Crippen LogP contribution in [0, 0.1) is 13.8 Å². The summed E-state index contributed by atoms with van der Waals surface area (Å²) in [4.78, 5) is 12.1. The van der Waals surface area contributed by atoms with Crippen molar-refractivity contribution in [2.75, 3.05) is 5.32 Å². The minimum Gasteiger partial charge on any atom is -0.481 e. The van der Waals surface area contributed by atoms with Gasteiger partial charge in [-0.2, -0.15) is 0 Å². The molecular weight excluding hydrogens is 286 g/mol. The fraction of sp³-hybridized carbons (Fsp3) is 0.235. The van der Waals surface area contributed by atoms with E-state index in [4.69, 9.17) is 16.3 Å². The summed E-state index contributed by atoms with van der Waals surface area (Å²) in [6.45, 7) is 5.63. The van der Waals surface area contributed by atoms with Crippen molar-refractivity contribution in [3.63, 3.8) is 0 Å². The molecule has 0 fully saturated rings. The van der Waals surface area contributed by atoms with Crippen molar-refractivity contribution in [1.29, 1.82) is 0 Å². The van der Waals surface area contributed by atoms with Gasteiger partial charge in [0.1, 0.15) is 5.75 Å². The molecule has 0 aliphatic carbocycles. The Morgan fingerprint density at radius 3 is 2.52 bits per heavy atom. The van der Waals surface area contributed by atoms with E-state index in [0.29, 0.717) is 16.5 Å². The normalized spacial score (nSPS) is 11.8. The number of aryl methyl sites for hydroxylation is 2. The summed E-state index contributed by atoms with van der Waals surface area (Å²) in [5.41, 5.74) is 2.72. The molecule has 0 aliphatic heterocycles. The van der Waals surface area contributed by atoms with Crippen LogP contribution in [0.1, 0.15) is 18.1 Å². The van der Waals surface area contributed by atoms with E-state index in [0.717, 1.165) is 11.1 Å². The second-order valence-electron chi connectivity index (χ2n) is 5.05. The lowest BCUT2D eigenvalue weighted by Gasteiger charge is -2.15. The van der Waals surface area contributed by atoms with Gasteiger partial charge in [-0.25, -0.2) is 0 Å². The average molecular weight is 304 g/mol. The van der Waals surface area contributed by atoms with Gasteiger partial charge in [-0.15, -0.1) is 0 Å².